The average molecular weight is 276 g/mol. The molecule has 2 atom stereocenters. The number of aliphatic hydroxyl groups is 1. The van der Waals surface area contributed by atoms with Crippen molar-refractivity contribution < 1.29 is 23.1 Å². The Kier molecular flexibility index (Phi) is 5.31. The van der Waals surface area contributed by atoms with Crippen LogP contribution in [0.4, 0.5) is 13.2 Å². The highest BCUT2D eigenvalue weighted by Gasteiger charge is 2.19. The lowest BCUT2D eigenvalue weighted by Gasteiger charge is -2.18. The number of aliphatic hydroxyl groups excluding tert-OH is 1. The van der Waals surface area contributed by atoms with E-state index >= 15 is 0 Å². The molecule has 0 aliphatic heterocycles. The van der Waals surface area contributed by atoms with Crippen LogP contribution in [0, 0.1) is 5.82 Å². The van der Waals surface area contributed by atoms with E-state index in [-0.39, 0.29) is 11.1 Å². The Morgan fingerprint density at radius 2 is 2.11 bits per heavy atom. The maximum absolute atomic E-state index is 13.5. The molecule has 0 saturated carbocycles. The lowest BCUT2D eigenvalue weighted by atomic mass is 10.0. The molecule has 0 aliphatic rings. The normalized spacial score (nSPS) is 14.3. The number of amides is 1. The zero-order chi connectivity index (χ0) is 14.6. The largest absolute Gasteiger partial charge is 0.394 e. The summed E-state index contributed by atoms with van der Waals surface area (Å²) in [5.74, 6) is -1.38. The van der Waals surface area contributed by atoms with E-state index in [9.17, 15) is 18.0 Å². The van der Waals surface area contributed by atoms with Crippen molar-refractivity contribution in [3.63, 3.8) is 0 Å². The van der Waals surface area contributed by atoms with Gasteiger partial charge >= 0.3 is 0 Å². The van der Waals surface area contributed by atoms with Gasteiger partial charge in [0.1, 0.15) is 11.9 Å². The molecule has 0 saturated heterocycles. The maximum Gasteiger partial charge on any atom is 0.263 e. The van der Waals surface area contributed by atoms with Crippen molar-refractivity contribution in [1.82, 2.24) is 5.32 Å². The summed E-state index contributed by atoms with van der Waals surface area (Å²) < 4.78 is 38.6. The van der Waals surface area contributed by atoms with Gasteiger partial charge in [-0.2, -0.15) is 0 Å². The van der Waals surface area contributed by atoms with Gasteiger partial charge in [-0.15, -0.1) is 0 Å². The highest BCUT2D eigenvalue weighted by molar-refractivity contribution is 5.82. The molecule has 7 heteroatoms. The molecule has 106 valence electrons. The molecule has 0 aromatic heterocycles. The molecule has 0 heterocycles. The Bertz CT molecular complexity index is 455. The minimum atomic E-state index is -2.72. The van der Waals surface area contributed by atoms with Gasteiger partial charge in [0.15, 0.2) is 0 Å². The summed E-state index contributed by atoms with van der Waals surface area (Å²) in [4.78, 5) is 11.4. The number of benzene rings is 1. The van der Waals surface area contributed by atoms with Crippen molar-refractivity contribution in [2.75, 3.05) is 6.61 Å². The number of halogens is 3. The van der Waals surface area contributed by atoms with Crippen molar-refractivity contribution in [2.45, 2.75) is 25.4 Å². The number of hydrogen-bond donors (Lipinski definition) is 3. The third-order valence-corrected chi connectivity index (χ3v) is 2.63. The Balaban J connectivity index is 2.89. The van der Waals surface area contributed by atoms with Gasteiger partial charge in [-0.05, 0) is 19.1 Å². The SMILES string of the molecule is C[C@@H](NC(=O)[C@H](N)CO)c1cc(C(F)F)ccc1F. The van der Waals surface area contributed by atoms with E-state index in [0.717, 1.165) is 18.2 Å². The summed E-state index contributed by atoms with van der Waals surface area (Å²) in [6.45, 7) is 0.883. The monoisotopic (exact) mass is 276 g/mol. The molecule has 0 fully saturated rings. The first-order valence-electron chi connectivity index (χ1n) is 5.61. The number of nitrogens with two attached hydrogens (primary N) is 1. The number of hydrogen-bond acceptors (Lipinski definition) is 3. The van der Waals surface area contributed by atoms with Crippen LogP contribution in [-0.4, -0.2) is 23.7 Å². The van der Waals surface area contributed by atoms with E-state index in [1.807, 2.05) is 0 Å². The fraction of sp³-hybridized carbons (Fsp3) is 0.417. The molecule has 0 aliphatic carbocycles. The first-order valence-corrected chi connectivity index (χ1v) is 5.61. The number of carbonyl (C=O) groups excluding carboxylic acids is 1. The molecule has 0 unspecified atom stereocenters. The standard InChI is InChI=1S/C12H15F3N2O2/c1-6(17-12(19)10(16)5-18)8-4-7(11(14)15)2-3-9(8)13/h2-4,6,10-11,18H,5,16H2,1H3,(H,17,19)/t6-,10-/m1/s1. The summed E-state index contributed by atoms with van der Waals surface area (Å²) in [6.07, 6.45) is -2.72. The molecule has 1 aromatic rings. The van der Waals surface area contributed by atoms with Gasteiger partial charge in [0.05, 0.1) is 12.6 Å². The number of carbonyl (C=O) groups is 1. The van der Waals surface area contributed by atoms with E-state index < -0.39 is 36.8 Å². The molecule has 0 spiro atoms. The van der Waals surface area contributed by atoms with Crippen LogP contribution in [0.3, 0.4) is 0 Å². The summed E-state index contributed by atoms with van der Waals surface area (Å²) in [5.41, 5.74) is 4.89. The van der Waals surface area contributed by atoms with Gasteiger partial charge in [-0.3, -0.25) is 4.79 Å². The molecule has 0 radical (unpaired) electrons. The Morgan fingerprint density at radius 3 is 2.63 bits per heavy atom. The van der Waals surface area contributed by atoms with Crippen LogP contribution in [0.2, 0.25) is 0 Å². The van der Waals surface area contributed by atoms with E-state index in [4.69, 9.17) is 10.8 Å². The quantitative estimate of drug-likeness (QED) is 0.758. The lowest BCUT2D eigenvalue weighted by molar-refractivity contribution is -0.123. The van der Waals surface area contributed by atoms with Crippen molar-refractivity contribution in [1.29, 1.82) is 0 Å². The van der Waals surface area contributed by atoms with Crippen molar-refractivity contribution in [3.05, 3.63) is 35.1 Å². The number of nitrogens with one attached hydrogen (secondary N) is 1. The first-order chi connectivity index (χ1) is 8.86. The van der Waals surface area contributed by atoms with E-state index in [1.165, 1.54) is 6.92 Å². The van der Waals surface area contributed by atoms with Crippen LogP contribution in [0.1, 0.15) is 30.5 Å². The smallest absolute Gasteiger partial charge is 0.263 e. The molecule has 1 aromatic carbocycles. The molecule has 4 nitrogen and oxygen atoms in total. The summed E-state index contributed by atoms with van der Waals surface area (Å²) in [7, 11) is 0. The van der Waals surface area contributed by atoms with Crippen LogP contribution >= 0.6 is 0 Å². The number of rotatable bonds is 5. The van der Waals surface area contributed by atoms with Crippen molar-refractivity contribution in [2.24, 2.45) is 5.73 Å². The predicted molar refractivity (Wildman–Crippen MR) is 63.0 cm³/mol. The summed E-state index contributed by atoms with van der Waals surface area (Å²) in [5, 5.41) is 11.0. The van der Waals surface area contributed by atoms with Gasteiger partial charge in [-0.1, -0.05) is 6.07 Å². The van der Waals surface area contributed by atoms with Gasteiger partial charge in [-0.25, -0.2) is 13.2 Å². The summed E-state index contributed by atoms with van der Waals surface area (Å²) >= 11 is 0. The highest BCUT2D eigenvalue weighted by atomic mass is 19.3. The van der Waals surface area contributed by atoms with Crippen molar-refractivity contribution in [3.8, 4) is 0 Å². The Hall–Kier alpha value is -1.60. The lowest BCUT2D eigenvalue weighted by Crippen LogP contribution is -2.43. The number of alkyl halides is 2. The summed E-state index contributed by atoms with van der Waals surface area (Å²) in [6, 6.07) is 0.936. The Morgan fingerprint density at radius 1 is 1.47 bits per heavy atom. The molecule has 1 amide bonds. The first kappa shape index (κ1) is 15.5. The molecule has 1 rings (SSSR count). The van der Waals surface area contributed by atoms with E-state index in [1.54, 1.807) is 0 Å². The minimum Gasteiger partial charge on any atom is -0.394 e. The van der Waals surface area contributed by atoms with Crippen LogP contribution in [0.5, 0.6) is 0 Å². The average Bonchev–Trinajstić information content (AvgIpc) is 2.37. The van der Waals surface area contributed by atoms with Gasteiger partial charge in [0, 0.05) is 11.1 Å². The van der Waals surface area contributed by atoms with Gasteiger partial charge in [0.25, 0.3) is 6.43 Å². The van der Waals surface area contributed by atoms with Crippen LogP contribution in [-0.2, 0) is 4.79 Å². The minimum absolute atomic E-state index is 0.0590. The van der Waals surface area contributed by atoms with Crippen LogP contribution in [0.25, 0.3) is 0 Å². The molecule has 4 N–H and O–H groups in total. The van der Waals surface area contributed by atoms with Gasteiger partial charge in [0.2, 0.25) is 5.91 Å². The topological polar surface area (TPSA) is 75.4 Å². The second-order valence-corrected chi connectivity index (χ2v) is 4.10. The zero-order valence-electron chi connectivity index (χ0n) is 10.2. The molecular formula is C12H15F3N2O2. The second kappa shape index (κ2) is 6.53. The molecular weight excluding hydrogens is 261 g/mol. The third kappa shape index (κ3) is 3.93. The van der Waals surface area contributed by atoms with Crippen LogP contribution in [0.15, 0.2) is 18.2 Å². The molecule has 19 heavy (non-hydrogen) atoms. The van der Waals surface area contributed by atoms with Gasteiger partial charge < -0.3 is 16.2 Å². The second-order valence-electron chi connectivity index (χ2n) is 4.10. The predicted octanol–water partition coefficient (Wildman–Crippen LogP) is 1.26. The fourth-order valence-electron chi connectivity index (χ4n) is 1.51. The maximum atomic E-state index is 13.5. The fourth-order valence-corrected chi connectivity index (χ4v) is 1.51. The third-order valence-electron chi connectivity index (χ3n) is 2.63. The zero-order valence-corrected chi connectivity index (χ0v) is 10.2. The van der Waals surface area contributed by atoms with Crippen molar-refractivity contribution >= 4 is 5.91 Å². The van der Waals surface area contributed by atoms with E-state index in [2.05, 4.69) is 5.32 Å². The van der Waals surface area contributed by atoms with Crippen LogP contribution < -0.4 is 11.1 Å². The highest BCUT2D eigenvalue weighted by Crippen LogP contribution is 2.24. The van der Waals surface area contributed by atoms with E-state index in [0.29, 0.717) is 0 Å². The Labute approximate surface area is 108 Å². The molecule has 0 bridgehead atoms.